The maximum Gasteiger partial charge on any atom is 0.243 e. The molecule has 0 spiro atoms. The second kappa shape index (κ2) is 3.61. The Morgan fingerprint density at radius 1 is 1.77 bits per heavy atom. The van der Waals surface area contributed by atoms with Crippen LogP contribution in [-0.4, -0.2) is 21.7 Å². The molecule has 0 aliphatic heterocycles. The minimum Gasteiger partial charge on any atom is -0.273 e. The normalized spacial score (nSPS) is 16.3. The monoisotopic (exact) mass is 196 g/mol. The number of nitrogens with zero attached hydrogens (tertiary/aromatic N) is 3. The van der Waals surface area contributed by atoms with Crippen molar-refractivity contribution < 1.29 is 4.79 Å². The van der Waals surface area contributed by atoms with Gasteiger partial charge in [0.1, 0.15) is 5.69 Å². The van der Waals surface area contributed by atoms with Gasteiger partial charge in [-0.1, -0.05) is 4.49 Å². The lowest BCUT2D eigenvalue weighted by Gasteiger charge is -1.93. The molecule has 1 N–H and O–H groups in total. The number of amides is 1. The number of hydrogen-bond donors (Lipinski definition) is 1. The Hall–Kier alpha value is -1.30. The van der Waals surface area contributed by atoms with Gasteiger partial charge >= 0.3 is 0 Å². The van der Waals surface area contributed by atoms with Gasteiger partial charge in [0.15, 0.2) is 0 Å². The topological polar surface area (TPSA) is 67.2 Å². The molecule has 1 amide bonds. The molecule has 6 heteroatoms. The molecule has 0 saturated heterocycles. The third-order valence-electron chi connectivity index (χ3n) is 1.70. The van der Waals surface area contributed by atoms with Crippen LogP contribution in [0, 0.1) is 5.92 Å². The van der Waals surface area contributed by atoms with E-state index in [-0.39, 0.29) is 11.8 Å². The first-order chi connectivity index (χ1) is 6.36. The first kappa shape index (κ1) is 8.31. The Morgan fingerprint density at radius 2 is 2.62 bits per heavy atom. The van der Waals surface area contributed by atoms with E-state index in [4.69, 9.17) is 0 Å². The summed E-state index contributed by atoms with van der Waals surface area (Å²) in [6, 6.07) is 0. The fourth-order valence-corrected chi connectivity index (χ4v) is 1.23. The summed E-state index contributed by atoms with van der Waals surface area (Å²) in [5.74, 6) is 0.185. The Bertz CT molecular complexity index is 317. The van der Waals surface area contributed by atoms with E-state index in [2.05, 4.69) is 20.1 Å². The Kier molecular flexibility index (Phi) is 2.31. The van der Waals surface area contributed by atoms with Crippen LogP contribution in [0.3, 0.4) is 0 Å². The zero-order valence-electron chi connectivity index (χ0n) is 6.80. The summed E-state index contributed by atoms with van der Waals surface area (Å²) >= 11 is 1.25. The molecule has 0 unspecified atom stereocenters. The molecule has 68 valence electrons. The van der Waals surface area contributed by atoms with E-state index >= 15 is 0 Å². The molecular weight excluding hydrogens is 188 g/mol. The molecule has 1 saturated carbocycles. The van der Waals surface area contributed by atoms with E-state index in [0.29, 0.717) is 5.69 Å². The number of carbonyl (C=O) groups is 1. The standard InChI is InChI=1S/C7H8N4OS/c12-7(5-1-2-5)10-8-3-6-4-13-11-9-6/h3-5H,1-2H2,(H,10,12)/b8-3+. The average molecular weight is 196 g/mol. The molecule has 0 bridgehead atoms. The lowest BCUT2D eigenvalue weighted by molar-refractivity contribution is -0.122. The lowest BCUT2D eigenvalue weighted by atomic mass is 10.4. The molecule has 0 aromatic carbocycles. The fourth-order valence-electron chi connectivity index (χ4n) is 0.827. The number of rotatable bonds is 3. The van der Waals surface area contributed by atoms with Gasteiger partial charge in [0.05, 0.1) is 6.21 Å². The van der Waals surface area contributed by atoms with Gasteiger partial charge in [-0.3, -0.25) is 4.79 Å². The van der Waals surface area contributed by atoms with Gasteiger partial charge in [-0.15, -0.1) is 5.10 Å². The minimum atomic E-state index is -0.000520. The predicted molar refractivity (Wildman–Crippen MR) is 48.4 cm³/mol. The van der Waals surface area contributed by atoms with Gasteiger partial charge in [-0.25, -0.2) is 5.43 Å². The van der Waals surface area contributed by atoms with Crippen LogP contribution in [0.2, 0.25) is 0 Å². The smallest absolute Gasteiger partial charge is 0.243 e. The largest absolute Gasteiger partial charge is 0.273 e. The van der Waals surface area contributed by atoms with Crippen LogP contribution >= 0.6 is 11.5 Å². The lowest BCUT2D eigenvalue weighted by Crippen LogP contribution is -2.18. The molecule has 1 heterocycles. The molecule has 0 atom stereocenters. The zero-order chi connectivity index (χ0) is 9.10. The molecule has 2 rings (SSSR count). The van der Waals surface area contributed by atoms with Crippen molar-refractivity contribution in [1.82, 2.24) is 15.0 Å². The van der Waals surface area contributed by atoms with Crippen LogP contribution in [0.15, 0.2) is 10.5 Å². The molecule has 0 radical (unpaired) electrons. The molecule has 5 nitrogen and oxygen atoms in total. The third kappa shape index (κ3) is 2.32. The highest BCUT2D eigenvalue weighted by Gasteiger charge is 2.29. The first-order valence-electron chi connectivity index (χ1n) is 3.96. The summed E-state index contributed by atoms with van der Waals surface area (Å²) < 4.78 is 3.66. The van der Waals surface area contributed by atoms with Crippen molar-refractivity contribution in [3.05, 3.63) is 11.1 Å². The summed E-state index contributed by atoms with van der Waals surface area (Å²) in [6.07, 6.45) is 3.46. The second-order valence-corrected chi connectivity index (χ2v) is 3.45. The van der Waals surface area contributed by atoms with Gasteiger partial charge in [-0.2, -0.15) is 5.10 Å². The van der Waals surface area contributed by atoms with E-state index < -0.39 is 0 Å². The van der Waals surface area contributed by atoms with Crippen molar-refractivity contribution in [1.29, 1.82) is 0 Å². The second-order valence-electron chi connectivity index (χ2n) is 2.84. The van der Waals surface area contributed by atoms with E-state index in [0.717, 1.165) is 12.8 Å². The molecule has 1 aliphatic carbocycles. The van der Waals surface area contributed by atoms with E-state index in [1.54, 1.807) is 5.38 Å². The predicted octanol–water partition coefficient (Wildman–Crippen LogP) is 0.398. The maximum atomic E-state index is 11.1. The Labute approximate surface area is 79.0 Å². The zero-order valence-corrected chi connectivity index (χ0v) is 7.62. The molecule has 1 fully saturated rings. The highest BCUT2D eigenvalue weighted by Crippen LogP contribution is 2.28. The summed E-state index contributed by atoms with van der Waals surface area (Å²) in [6.45, 7) is 0. The molecule has 13 heavy (non-hydrogen) atoms. The first-order valence-corrected chi connectivity index (χ1v) is 4.80. The van der Waals surface area contributed by atoms with Crippen LogP contribution in [-0.2, 0) is 4.79 Å². The van der Waals surface area contributed by atoms with Gasteiger partial charge in [0, 0.05) is 11.3 Å². The number of carbonyl (C=O) groups excluding carboxylic acids is 1. The van der Waals surface area contributed by atoms with Gasteiger partial charge in [-0.05, 0) is 24.4 Å². The number of hydrogen-bond acceptors (Lipinski definition) is 5. The van der Waals surface area contributed by atoms with Crippen LogP contribution < -0.4 is 5.43 Å². The fraction of sp³-hybridized carbons (Fsp3) is 0.429. The summed E-state index contributed by atoms with van der Waals surface area (Å²) in [7, 11) is 0. The van der Waals surface area contributed by atoms with Crippen LogP contribution in [0.1, 0.15) is 18.5 Å². The van der Waals surface area contributed by atoms with Crippen LogP contribution in [0.25, 0.3) is 0 Å². The van der Waals surface area contributed by atoms with Crippen LogP contribution in [0.4, 0.5) is 0 Å². The summed E-state index contributed by atoms with van der Waals surface area (Å²) in [5.41, 5.74) is 3.12. The number of aromatic nitrogens is 2. The SMILES string of the molecule is O=C(N/N=C/c1csnn1)C1CC1. The highest BCUT2D eigenvalue weighted by molar-refractivity contribution is 7.03. The van der Waals surface area contributed by atoms with Gasteiger partial charge in [0.2, 0.25) is 5.91 Å². The van der Waals surface area contributed by atoms with Crippen molar-refractivity contribution >= 4 is 23.7 Å². The van der Waals surface area contributed by atoms with Crippen molar-refractivity contribution in [2.24, 2.45) is 11.0 Å². The Morgan fingerprint density at radius 3 is 3.23 bits per heavy atom. The molecule has 1 aromatic heterocycles. The number of hydrazone groups is 1. The Balaban J connectivity index is 1.81. The summed E-state index contributed by atoms with van der Waals surface area (Å²) in [5, 5.41) is 9.25. The third-order valence-corrected chi connectivity index (χ3v) is 2.22. The molecule has 1 aromatic rings. The van der Waals surface area contributed by atoms with Crippen molar-refractivity contribution in [3.63, 3.8) is 0 Å². The van der Waals surface area contributed by atoms with E-state index in [1.165, 1.54) is 17.7 Å². The quantitative estimate of drug-likeness (QED) is 0.562. The molecular formula is C7H8N4OS. The van der Waals surface area contributed by atoms with E-state index in [1.807, 2.05) is 0 Å². The van der Waals surface area contributed by atoms with Crippen molar-refractivity contribution in [3.8, 4) is 0 Å². The highest BCUT2D eigenvalue weighted by atomic mass is 32.1. The van der Waals surface area contributed by atoms with Gasteiger partial charge in [0.25, 0.3) is 0 Å². The van der Waals surface area contributed by atoms with Crippen molar-refractivity contribution in [2.75, 3.05) is 0 Å². The van der Waals surface area contributed by atoms with E-state index in [9.17, 15) is 4.79 Å². The number of nitrogens with one attached hydrogen (secondary N) is 1. The summed E-state index contributed by atoms with van der Waals surface area (Å²) in [4.78, 5) is 11.1. The van der Waals surface area contributed by atoms with Crippen molar-refractivity contribution in [2.45, 2.75) is 12.8 Å². The average Bonchev–Trinajstić information content (AvgIpc) is 2.86. The van der Waals surface area contributed by atoms with Crippen LogP contribution in [0.5, 0.6) is 0 Å². The maximum absolute atomic E-state index is 11.1. The minimum absolute atomic E-state index is 0.000520. The molecule has 1 aliphatic rings. The van der Waals surface area contributed by atoms with Gasteiger partial charge < -0.3 is 0 Å².